The molecule has 0 radical (unpaired) electrons. The number of rotatable bonds is 6. The molecule has 1 aromatic carbocycles. The van der Waals surface area contributed by atoms with Gasteiger partial charge in [-0.05, 0) is 42.6 Å². The molecule has 0 amide bonds. The fourth-order valence-corrected chi connectivity index (χ4v) is 6.41. The molecule has 29 heavy (non-hydrogen) atoms. The van der Waals surface area contributed by atoms with E-state index in [4.69, 9.17) is 23.1 Å². The SMILES string of the molecule is NC(=NC(=S)Nc1ccc(N2CCN(CCO)CC2)cc1)SCP1C=CC=CC1. The number of aliphatic hydroxyl groups is 1. The molecule has 1 unspecified atom stereocenters. The Kier molecular flexibility index (Phi) is 8.95. The Morgan fingerprint density at radius 3 is 2.62 bits per heavy atom. The number of anilines is 2. The van der Waals surface area contributed by atoms with Gasteiger partial charge < -0.3 is 21.1 Å². The second kappa shape index (κ2) is 11.7. The van der Waals surface area contributed by atoms with E-state index in [9.17, 15) is 0 Å². The Morgan fingerprint density at radius 2 is 1.97 bits per heavy atom. The van der Waals surface area contributed by atoms with E-state index in [1.807, 2.05) is 12.1 Å². The summed E-state index contributed by atoms with van der Waals surface area (Å²) < 4.78 is 0. The summed E-state index contributed by atoms with van der Waals surface area (Å²) in [7, 11) is -0.142. The van der Waals surface area contributed by atoms with Gasteiger partial charge in [-0.25, -0.2) is 0 Å². The molecule has 156 valence electrons. The van der Waals surface area contributed by atoms with Gasteiger partial charge in [0.15, 0.2) is 10.3 Å². The lowest BCUT2D eigenvalue weighted by atomic mass is 10.2. The maximum absolute atomic E-state index is 9.05. The predicted molar refractivity (Wildman–Crippen MR) is 133 cm³/mol. The molecule has 0 saturated carbocycles. The van der Waals surface area contributed by atoms with Crippen LogP contribution in [0.2, 0.25) is 0 Å². The number of nitrogens with zero attached hydrogens (tertiary/aromatic N) is 3. The molecular weight excluding hydrogens is 421 g/mol. The van der Waals surface area contributed by atoms with Gasteiger partial charge in [0, 0.05) is 49.6 Å². The number of piperazine rings is 1. The molecule has 2 aliphatic rings. The largest absolute Gasteiger partial charge is 0.395 e. The summed E-state index contributed by atoms with van der Waals surface area (Å²) in [4.78, 5) is 8.95. The zero-order valence-corrected chi connectivity index (χ0v) is 18.9. The van der Waals surface area contributed by atoms with Crippen molar-refractivity contribution in [3.8, 4) is 0 Å². The van der Waals surface area contributed by atoms with E-state index in [2.05, 4.69) is 56.3 Å². The van der Waals surface area contributed by atoms with E-state index in [0.29, 0.717) is 10.3 Å². The Balaban J connectivity index is 1.44. The van der Waals surface area contributed by atoms with Crippen LogP contribution in [0.5, 0.6) is 0 Å². The van der Waals surface area contributed by atoms with E-state index in [-0.39, 0.29) is 14.5 Å². The van der Waals surface area contributed by atoms with Gasteiger partial charge in [-0.15, -0.1) is 0 Å². The summed E-state index contributed by atoms with van der Waals surface area (Å²) in [6, 6.07) is 8.23. The van der Waals surface area contributed by atoms with E-state index in [0.717, 1.165) is 50.1 Å². The number of nitrogens with two attached hydrogens (primary N) is 1. The first-order valence-electron chi connectivity index (χ1n) is 9.67. The second-order valence-corrected chi connectivity index (χ2v) is 10.8. The quantitative estimate of drug-likeness (QED) is 0.267. The van der Waals surface area contributed by atoms with Crippen molar-refractivity contribution in [2.75, 3.05) is 61.2 Å². The number of amidine groups is 1. The summed E-state index contributed by atoms with van der Waals surface area (Å²) >= 11 is 6.89. The minimum atomic E-state index is -0.142. The number of aliphatic hydroxyl groups excluding tert-OH is 1. The second-order valence-electron chi connectivity index (χ2n) is 6.79. The zero-order valence-electron chi connectivity index (χ0n) is 16.4. The van der Waals surface area contributed by atoms with Gasteiger partial charge in [0.05, 0.1) is 6.61 Å². The van der Waals surface area contributed by atoms with Crippen LogP contribution in [-0.4, -0.2) is 71.3 Å². The van der Waals surface area contributed by atoms with Crippen LogP contribution in [0.3, 0.4) is 0 Å². The van der Waals surface area contributed by atoms with E-state index in [1.165, 1.54) is 5.69 Å². The van der Waals surface area contributed by atoms with Crippen LogP contribution in [0, 0.1) is 0 Å². The fourth-order valence-electron chi connectivity index (χ4n) is 3.16. The lowest BCUT2D eigenvalue weighted by Crippen LogP contribution is -2.47. The highest BCUT2D eigenvalue weighted by Crippen LogP contribution is 2.42. The summed E-state index contributed by atoms with van der Waals surface area (Å²) in [5.74, 6) is 2.26. The molecule has 2 aliphatic heterocycles. The molecule has 1 aromatic rings. The molecular formula is C20H28N5OPS2. The number of benzene rings is 1. The van der Waals surface area contributed by atoms with Crippen LogP contribution in [0.15, 0.2) is 53.3 Å². The van der Waals surface area contributed by atoms with Gasteiger partial charge in [0.1, 0.15) is 0 Å². The molecule has 1 fully saturated rings. The summed E-state index contributed by atoms with van der Waals surface area (Å²) in [5.41, 5.74) is 9.10. The molecule has 0 aliphatic carbocycles. The van der Waals surface area contributed by atoms with Crippen molar-refractivity contribution < 1.29 is 5.11 Å². The van der Waals surface area contributed by atoms with Crippen molar-refractivity contribution in [1.29, 1.82) is 0 Å². The summed E-state index contributed by atoms with van der Waals surface area (Å²) in [5, 5.41) is 13.1. The average molecular weight is 450 g/mol. The maximum Gasteiger partial charge on any atom is 0.199 e. The molecule has 0 bridgehead atoms. The molecule has 0 aromatic heterocycles. The minimum absolute atomic E-state index is 0.142. The third-order valence-corrected chi connectivity index (χ3v) is 8.44. The molecule has 9 heteroatoms. The van der Waals surface area contributed by atoms with Gasteiger partial charge >= 0.3 is 0 Å². The van der Waals surface area contributed by atoms with Crippen LogP contribution >= 0.6 is 31.9 Å². The third kappa shape index (κ3) is 7.39. The van der Waals surface area contributed by atoms with Crippen LogP contribution in [0.25, 0.3) is 0 Å². The highest BCUT2D eigenvalue weighted by atomic mass is 32.2. The summed E-state index contributed by atoms with van der Waals surface area (Å²) in [6.07, 6.45) is 7.50. The number of hydrogen-bond donors (Lipinski definition) is 3. The molecule has 1 atom stereocenters. The lowest BCUT2D eigenvalue weighted by Gasteiger charge is -2.35. The first kappa shape index (κ1) is 22.2. The minimum Gasteiger partial charge on any atom is -0.395 e. The maximum atomic E-state index is 9.05. The average Bonchev–Trinajstić information content (AvgIpc) is 2.74. The third-order valence-electron chi connectivity index (χ3n) is 4.75. The number of allylic oxidation sites excluding steroid dienone is 3. The van der Waals surface area contributed by atoms with Gasteiger partial charge in [0.2, 0.25) is 0 Å². The smallest absolute Gasteiger partial charge is 0.199 e. The van der Waals surface area contributed by atoms with Gasteiger partial charge in [-0.1, -0.05) is 43.7 Å². The first-order valence-corrected chi connectivity index (χ1v) is 12.8. The molecule has 3 rings (SSSR count). The Hall–Kier alpha value is -1.44. The van der Waals surface area contributed by atoms with Crippen LogP contribution < -0.4 is 16.0 Å². The molecule has 2 heterocycles. The normalized spacial score (nSPS) is 20.1. The molecule has 0 spiro atoms. The van der Waals surface area contributed by atoms with Crippen molar-refractivity contribution in [1.82, 2.24) is 4.90 Å². The molecule has 4 N–H and O–H groups in total. The van der Waals surface area contributed by atoms with Crippen molar-refractivity contribution in [2.24, 2.45) is 10.7 Å². The first-order chi connectivity index (χ1) is 14.1. The van der Waals surface area contributed by atoms with Gasteiger partial charge in [0.25, 0.3) is 0 Å². The summed E-state index contributed by atoms with van der Waals surface area (Å²) in [6.45, 7) is 4.87. The monoisotopic (exact) mass is 449 g/mol. The standard InChI is InChI=1S/C20H28N5OPS2/c21-19(29-16-27-14-2-1-3-15-27)23-20(28)22-17-4-6-18(7-5-17)25-10-8-24(9-11-25)12-13-26/h1-7,14,26H,8-13,15-16H2,(H3,21,22,23,28). The van der Waals surface area contributed by atoms with Crippen molar-refractivity contribution in [2.45, 2.75) is 0 Å². The highest BCUT2D eigenvalue weighted by molar-refractivity contribution is 8.17. The number of aliphatic imine (C=N–C) groups is 1. The Labute approximate surface area is 183 Å². The van der Waals surface area contributed by atoms with E-state index < -0.39 is 0 Å². The van der Waals surface area contributed by atoms with Crippen LogP contribution in [0.4, 0.5) is 11.4 Å². The Morgan fingerprint density at radius 1 is 1.21 bits per heavy atom. The van der Waals surface area contributed by atoms with Gasteiger partial charge in [-0.3, -0.25) is 4.90 Å². The van der Waals surface area contributed by atoms with Crippen molar-refractivity contribution in [3.63, 3.8) is 0 Å². The topological polar surface area (TPSA) is 77.1 Å². The number of nitrogens with one attached hydrogen (secondary N) is 1. The van der Waals surface area contributed by atoms with Crippen LogP contribution in [-0.2, 0) is 0 Å². The van der Waals surface area contributed by atoms with Crippen molar-refractivity contribution in [3.05, 3.63) is 48.3 Å². The highest BCUT2D eigenvalue weighted by Gasteiger charge is 2.16. The molecule has 1 saturated heterocycles. The van der Waals surface area contributed by atoms with Crippen LogP contribution in [0.1, 0.15) is 0 Å². The molecule has 6 nitrogen and oxygen atoms in total. The Bertz CT molecular complexity index is 761. The van der Waals surface area contributed by atoms with E-state index in [1.54, 1.807) is 11.8 Å². The lowest BCUT2D eigenvalue weighted by molar-refractivity contribution is 0.189. The van der Waals surface area contributed by atoms with Crippen molar-refractivity contribution >= 4 is 53.6 Å². The number of thiocarbonyl (C=S) groups is 1. The zero-order chi connectivity index (χ0) is 20.5. The number of β-amino-alcohol motifs (C(OH)–C–C–N with tert-alkyl or cyclic N) is 1. The number of thioether (sulfide) groups is 1. The van der Waals surface area contributed by atoms with E-state index >= 15 is 0 Å². The predicted octanol–water partition coefficient (Wildman–Crippen LogP) is 3.07. The fraction of sp³-hybridized carbons (Fsp3) is 0.400. The van der Waals surface area contributed by atoms with Gasteiger partial charge in [-0.2, -0.15) is 4.99 Å². The number of hydrogen-bond acceptors (Lipinski definition) is 5.